The van der Waals surface area contributed by atoms with Crippen LogP contribution < -0.4 is 11.1 Å². The molecule has 4 rings (SSSR count). The summed E-state index contributed by atoms with van der Waals surface area (Å²) in [5, 5.41) is 2.97. The number of likely N-dealkylation sites (tertiary alicyclic amines) is 2. The van der Waals surface area contributed by atoms with Crippen molar-refractivity contribution in [3.05, 3.63) is 59.3 Å². The Hall–Kier alpha value is -2.93. The number of likely N-dealkylation sites (N-methyl/N-ethyl adjacent to an activating group) is 1. The average Bonchev–Trinajstić information content (AvgIpc) is 2.73. The molecule has 7 heteroatoms. The Morgan fingerprint density at radius 3 is 2.55 bits per heavy atom. The first-order valence-electron chi connectivity index (χ1n) is 11.0. The van der Waals surface area contributed by atoms with E-state index in [1.165, 1.54) is 5.56 Å². The summed E-state index contributed by atoms with van der Waals surface area (Å²) >= 11 is 0. The van der Waals surface area contributed by atoms with Gasteiger partial charge in [0.1, 0.15) is 11.9 Å². The number of amides is 2. The van der Waals surface area contributed by atoms with Crippen molar-refractivity contribution in [2.75, 3.05) is 25.9 Å². The van der Waals surface area contributed by atoms with Gasteiger partial charge in [-0.3, -0.25) is 14.5 Å². The van der Waals surface area contributed by atoms with Gasteiger partial charge in [0.05, 0.1) is 6.04 Å². The molecule has 2 aliphatic heterocycles. The van der Waals surface area contributed by atoms with Crippen LogP contribution in [-0.2, 0) is 16.1 Å². The molecule has 2 aliphatic rings. The summed E-state index contributed by atoms with van der Waals surface area (Å²) in [6, 6.07) is 13.5. The maximum Gasteiger partial charge on any atom is 0.243 e. The standard InChI is InChI=1S/C24H31N5O2/c1-16-19(8-9-22(25)27-16)15-26-23(30)20-11-13-29(20)24(31)21-14-18(10-12-28(21)2)17-6-4-3-5-7-17/h3-9,18,20-21H,10-15H2,1-2H3,(H2,25,27)(H,26,30)/t18-,20-,21+/m0/s1. The summed E-state index contributed by atoms with van der Waals surface area (Å²) in [5.74, 6) is 0.809. The van der Waals surface area contributed by atoms with Crippen molar-refractivity contribution < 1.29 is 9.59 Å². The Labute approximate surface area is 183 Å². The number of anilines is 1. The van der Waals surface area contributed by atoms with Gasteiger partial charge in [-0.15, -0.1) is 0 Å². The molecule has 3 heterocycles. The highest BCUT2D eigenvalue weighted by atomic mass is 16.2. The molecule has 0 radical (unpaired) electrons. The number of hydrogen-bond donors (Lipinski definition) is 2. The highest BCUT2D eigenvalue weighted by Gasteiger charge is 2.42. The van der Waals surface area contributed by atoms with Crippen molar-refractivity contribution in [2.24, 2.45) is 0 Å². The Morgan fingerprint density at radius 2 is 1.87 bits per heavy atom. The molecule has 0 aliphatic carbocycles. The van der Waals surface area contributed by atoms with Crippen LogP contribution in [-0.4, -0.2) is 58.8 Å². The molecule has 2 aromatic rings. The van der Waals surface area contributed by atoms with E-state index in [1.54, 1.807) is 11.0 Å². The van der Waals surface area contributed by atoms with E-state index in [4.69, 9.17) is 5.73 Å². The van der Waals surface area contributed by atoms with E-state index in [0.29, 0.717) is 31.2 Å². The van der Waals surface area contributed by atoms with Crippen LogP contribution in [0, 0.1) is 6.92 Å². The molecule has 1 aromatic heterocycles. The molecule has 0 saturated carbocycles. The van der Waals surface area contributed by atoms with Crippen LogP contribution in [0.3, 0.4) is 0 Å². The fourth-order valence-corrected chi connectivity index (χ4v) is 4.61. The third-order valence-electron chi connectivity index (χ3n) is 6.70. The lowest BCUT2D eigenvalue weighted by molar-refractivity contribution is -0.152. The van der Waals surface area contributed by atoms with Crippen molar-refractivity contribution in [3.63, 3.8) is 0 Å². The summed E-state index contributed by atoms with van der Waals surface area (Å²) in [6.07, 6.45) is 2.54. The van der Waals surface area contributed by atoms with Crippen LogP contribution >= 0.6 is 0 Å². The third kappa shape index (κ3) is 4.56. The molecule has 0 spiro atoms. The highest BCUT2D eigenvalue weighted by Crippen LogP contribution is 2.33. The maximum atomic E-state index is 13.3. The number of aryl methyl sites for hydroxylation is 1. The number of piperidine rings is 1. The van der Waals surface area contributed by atoms with Crippen molar-refractivity contribution in [1.82, 2.24) is 20.1 Å². The monoisotopic (exact) mass is 421 g/mol. The zero-order chi connectivity index (χ0) is 22.0. The predicted octanol–water partition coefficient (Wildman–Crippen LogP) is 2.07. The quantitative estimate of drug-likeness (QED) is 0.771. The van der Waals surface area contributed by atoms with Crippen LogP contribution in [0.4, 0.5) is 5.82 Å². The van der Waals surface area contributed by atoms with Gasteiger partial charge < -0.3 is 16.0 Å². The van der Waals surface area contributed by atoms with Crippen molar-refractivity contribution in [3.8, 4) is 0 Å². The number of nitrogens with one attached hydrogen (secondary N) is 1. The molecule has 0 bridgehead atoms. The number of nitrogen functional groups attached to an aromatic ring is 1. The fourth-order valence-electron chi connectivity index (χ4n) is 4.61. The van der Waals surface area contributed by atoms with E-state index in [-0.39, 0.29) is 23.9 Å². The number of aromatic nitrogens is 1. The summed E-state index contributed by atoms with van der Waals surface area (Å²) in [6.45, 7) is 3.78. The molecule has 3 N–H and O–H groups in total. The van der Waals surface area contributed by atoms with Gasteiger partial charge in [0.2, 0.25) is 11.8 Å². The molecule has 1 aromatic carbocycles. The highest BCUT2D eigenvalue weighted by molar-refractivity contribution is 5.91. The molecule has 2 amide bonds. The first-order valence-corrected chi connectivity index (χ1v) is 11.0. The zero-order valence-electron chi connectivity index (χ0n) is 18.3. The summed E-state index contributed by atoms with van der Waals surface area (Å²) in [5.41, 5.74) is 8.72. The fraction of sp³-hybridized carbons (Fsp3) is 0.458. The van der Waals surface area contributed by atoms with Crippen molar-refractivity contribution in [2.45, 2.75) is 50.7 Å². The Bertz CT molecular complexity index is 948. The van der Waals surface area contributed by atoms with Gasteiger partial charge in [-0.1, -0.05) is 36.4 Å². The smallest absolute Gasteiger partial charge is 0.243 e. The first kappa shape index (κ1) is 21.3. The average molecular weight is 422 g/mol. The Morgan fingerprint density at radius 1 is 1.10 bits per heavy atom. The molecular weight excluding hydrogens is 390 g/mol. The van der Waals surface area contributed by atoms with E-state index in [1.807, 2.05) is 26.1 Å². The lowest BCUT2D eigenvalue weighted by Crippen LogP contribution is -2.62. The van der Waals surface area contributed by atoms with Crippen LogP contribution in [0.2, 0.25) is 0 Å². The van der Waals surface area contributed by atoms with Crippen molar-refractivity contribution >= 4 is 17.6 Å². The SMILES string of the molecule is Cc1nc(N)ccc1CNC(=O)[C@@H]1CCN1C(=O)[C@H]1C[C@@H](c2ccccc2)CCN1C. The molecule has 7 nitrogen and oxygen atoms in total. The molecule has 0 unspecified atom stereocenters. The van der Waals surface area contributed by atoms with E-state index in [9.17, 15) is 9.59 Å². The second-order valence-corrected chi connectivity index (χ2v) is 8.66. The number of benzene rings is 1. The lowest BCUT2D eigenvalue weighted by Gasteiger charge is -2.45. The number of carbonyl (C=O) groups excluding carboxylic acids is 2. The van der Waals surface area contributed by atoms with E-state index in [2.05, 4.69) is 39.5 Å². The summed E-state index contributed by atoms with van der Waals surface area (Å²) < 4.78 is 0. The third-order valence-corrected chi connectivity index (χ3v) is 6.70. The van der Waals surface area contributed by atoms with Gasteiger partial charge in [-0.25, -0.2) is 4.98 Å². The second-order valence-electron chi connectivity index (χ2n) is 8.66. The largest absolute Gasteiger partial charge is 0.384 e. The topological polar surface area (TPSA) is 91.6 Å². The van der Waals surface area contributed by atoms with Crippen molar-refractivity contribution in [1.29, 1.82) is 0 Å². The molecule has 2 fully saturated rings. The number of nitrogens with zero attached hydrogens (tertiary/aromatic N) is 3. The first-order chi connectivity index (χ1) is 14.9. The van der Waals surface area contributed by atoms with Gasteiger partial charge in [0.25, 0.3) is 0 Å². The van der Waals surface area contributed by atoms with E-state index in [0.717, 1.165) is 30.6 Å². The molecule has 31 heavy (non-hydrogen) atoms. The zero-order valence-corrected chi connectivity index (χ0v) is 18.3. The van der Waals surface area contributed by atoms with Crippen LogP contribution in [0.1, 0.15) is 42.0 Å². The normalized spacial score (nSPS) is 23.8. The summed E-state index contributed by atoms with van der Waals surface area (Å²) in [7, 11) is 2.01. The van der Waals surface area contributed by atoms with Gasteiger partial charge in [-0.2, -0.15) is 0 Å². The van der Waals surface area contributed by atoms with Gasteiger partial charge in [0, 0.05) is 18.8 Å². The summed E-state index contributed by atoms with van der Waals surface area (Å²) in [4.78, 5) is 34.2. The van der Waals surface area contributed by atoms with E-state index >= 15 is 0 Å². The Kier molecular flexibility index (Phi) is 6.23. The molecule has 164 valence electrons. The van der Waals surface area contributed by atoms with E-state index < -0.39 is 0 Å². The van der Waals surface area contributed by atoms with Crippen LogP contribution in [0.25, 0.3) is 0 Å². The minimum absolute atomic E-state index is 0.0693. The molecule has 2 saturated heterocycles. The molecule has 3 atom stereocenters. The Balaban J connectivity index is 1.37. The second kappa shape index (κ2) is 9.06. The van der Waals surface area contributed by atoms with Gasteiger partial charge >= 0.3 is 0 Å². The number of rotatable bonds is 5. The van der Waals surface area contributed by atoms with Gasteiger partial charge in [-0.05, 0) is 62.9 Å². The lowest BCUT2D eigenvalue weighted by atomic mass is 9.84. The number of nitrogens with two attached hydrogens (primary N) is 1. The van der Waals surface area contributed by atoms with Crippen LogP contribution in [0.15, 0.2) is 42.5 Å². The number of carbonyl (C=O) groups is 2. The number of pyridine rings is 1. The number of hydrogen-bond acceptors (Lipinski definition) is 5. The van der Waals surface area contributed by atoms with Gasteiger partial charge in [0.15, 0.2) is 0 Å². The van der Waals surface area contributed by atoms with Crippen LogP contribution in [0.5, 0.6) is 0 Å². The minimum atomic E-state index is -0.389. The molecular formula is C24H31N5O2. The maximum absolute atomic E-state index is 13.3. The minimum Gasteiger partial charge on any atom is -0.384 e. The predicted molar refractivity (Wildman–Crippen MR) is 120 cm³/mol.